The van der Waals surface area contributed by atoms with E-state index in [9.17, 15) is 4.79 Å². The topological polar surface area (TPSA) is 58.4 Å². The van der Waals surface area contributed by atoms with Crippen LogP contribution < -0.4 is 11.1 Å². The number of likely N-dealkylation sites (tertiary alicyclic amines) is 1. The van der Waals surface area contributed by atoms with Crippen molar-refractivity contribution < 1.29 is 4.79 Å². The Bertz CT molecular complexity index is 742. The molecule has 0 aliphatic carbocycles. The van der Waals surface area contributed by atoms with E-state index in [1.165, 1.54) is 25.1 Å². The summed E-state index contributed by atoms with van der Waals surface area (Å²) in [5, 5.41) is 2.95. The van der Waals surface area contributed by atoms with Crippen molar-refractivity contribution in [2.75, 3.05) is 18.8 Å². The molecule has 28 heavy (non-hydrogen) atoms. The van der Waals surface area contributed by atoms with Crippen molar-refractivity contribution in [3.05, 3.63) is 65.2 Å². The Morgan fingerprint density at radius 1 is 1.04 bits per heavy atom. The molecule has 0 spiro atoms. The van der Waals surface area contributed by atoms with E-state index in [0.29, 0.717) is 17.8 Å². The Labute approximate surface area is 180 Å². The van der Waals surface area contributed by atoms with Gasteiger partial charge in [-0.05, 0) is 47.6 Å². The molecule has 1 amide bonds. The minimum absolute atomic E-state index is 0. The van der Waals surface area contributed by atoms with Crippen LogP contribution in [-0.2, 0) is 13.1 Å². The first-order valence-corrected chi connectivity index (χ1v) is 9.43. The van der Waals surface area contributed by atoms with Gasteiger partial charge in [0.2, 0.25) is 0 Å². The lowest BCUT2D eigenvalue weighted by molar-refractivity contribution is 0.0951. The van der Waals surface area contributed by atoms with Crippen LogP contribution in [0, 0.1) is 11.8 Å². The summed E-state index contributed by atoms with van der Waals surface area (Å²) >= 11 is 0. The van der Waals surface area contributed by atoms with Gasteiger partial charge in [0.25, 0.3) is 5.91 Å². The first-order valence-electron chi connectivity index (χ1n) is 9.43. The maximum absolute atomic E-state index is 12.2. The SMILES string of the molecule is CC1CC(C)CN(Cc2ccc(CNC(=O)c3cccc(N)c3)cc2)C1.Cl.Cl. The van der Waals surface area contributed by atoms with Crippen molar-refractivity contribution >= 4 is 36.4 Å². The van der Waals surface area contributed by atoms with E-state index < -0.39 is 0 Å². The molecule has 0 aromatic heterocycles. The van der Waals surface area contributed by atoms with Gasteiger partial charge in [-0.15, -0.1) is 24.8 Å². The van der Waals surface area contributed by atoms with Crippen LogP contribution in [0.3, 0.4) is 0 Å². The van der Waals surface area contributed by atoms with Crippen molar-refractivity contribution in [2.45, 2.75) is 33.4 Å². The third-order valence-corrected chi connectivity index (χ3v) is 4.98. The Morgan fingerprint density at radius 3 is 2.25 bits per heavy atom. The van der Waals surface area contributed by atoms with E-state index in [4.69, 9.17) is 5.73 Å². The van der Waals surface area contributed by atoms with E-state index >= 15 is 0 Å². The molecule has 6 heteroatoms. The lowest BCUT2D eigenvalue weighted by Crippen LogP contribution is -2.38. The number of piperidine rings is 1. The predicted octanol–water partition coefficient (Wildman–Crippen LogP) is 4.52. The standard InChI is InChI=1S/C22H29N3O.2ClH/c1-16-10-17(2)14-25(13-16)15-19-8-6-18(7-9-19)12-24-22(26)20-4-3-5-21(23)11-20;;/h3-9,11,16-17H,10,12-15,23H2,1-2H3,(H,24,26);2*1H. The summed E-state index contributed by atoms with van der Waals surface area (Å²) in [5.74, 6) is 1.46. The molecule has 0 bridgehead atoms. The number of carbonyl (C=O) groups is 1. The molecule has 154 valence electrons. The van der Waals surface area contributed by atoms with Gasteiger partial charge in [0.1, 0.15) is 0 Å². The highest BCUT2D eigenvalue weighted by atomic mass is 35.5. The highest BCUT2D eigenvalue weighted by molar-refractivity contribution is 5.94. The molecule has 2 aromatic rings. The number of amides is 1. The summed E-state index contributed by atoms with van der Waals surface area (Å²) in [7, 11) is 0. The average molecular weight is 424 g/mol. The van der Waals surface area contributed by atoms with E-state index in [2.05, 4.69) is 48.3 Å². The van der Waals surface area contributed by atoms with Crippen LogP contribution in [0.15, 0.2) is 48.5 Å². The number of nitrogen functional groups attached to an aromatic ring is 1. The first kappa shape index (κ1) is 24.3. The van der Waals surface area contributed by atoms with Crippen LogP contribution in [0.4, 0.5) is 5.69 Å². The van der Waals surface area contributed by atoms with Gasteiger partial charge in [0.15, 0.2) is 0 Å². The first-order chi connectivity index (χ1) is 12.5. The van der Waals surface area contributed by atoms with Crippen molar-refractivity contribution in [1.29, 1.82) is 0 Å². The lowest BCUT2D eigenvalue weighted by Gasteiger charge is -2.35. The third kappa shape index (κ3) is 7.01. The van der Waals surface area contributed by atoms with Crippen LogP contribution in [-0.4, -0.2) is 23.9 Å². The Morgan fingerprint density at radius 2 is 1.64 bits per heavy atom. The van der Waals surface area contributed by atoms with Crippen LogP contribution >= 0.6 is 24.8 Å². The van der Waals surface area contributed by atoms with Crippen LogP contribution in [0.2, 0.25) is 0 Å². The summed E-state index contributed by atoms with van der Waals surface area (Å²) in [5.41, 5.74) is 9.36. The average Bonchev–Trinajstić information content (AvgIpc) is 2.60. The van der Waals surface area contributed by atoms with E-state index in [0.717, 1.165) is 23.9 Å². The van der Waals surface area contributed by atoms with Crippen molar-refractivity contribution in [3.8, 4) is 0 Å². The fraction of sp³-hybridized carbons (Fsp3) is 0.409. The molecule has 3 rings (SSSR count). The lowest BCUT2D eigenvalue weighted by atomic mass is 9.91. The molecule has 1 aliphatic rings. The van der Waals surface area contributed by atoms with Gasteiger partial charge < -0.3 is 11.1 Å². The largest absolute Gasteiger partial charge is 0.399 e. The minimum Gasteiger partial charge on any atom is -0.399 e. The fourth-order valence-electron chi connectivity index (χ4n) is 3.91. The van der Waals surface area contributed by atoms with Gasteiger partial charge in [-0.2, -0.15) is 0 Å². The number of rotatable bonds is 5. The number of hydrogen-bond acceptors (Lipinski definition) is 3. The summed E-state index contributed by atoms with van der Waals surface area (Å²) in [4.78, 5) is 14.7. The van der Waals surface area contributed by atoms with Crippen molar-refractivity contribution in [1.82, 2.24) is 10.2 Å². The number of benzene rings is 2. The monoisotopic (exact) mass is 423 g/mol. The van der Waals surface area contributed by atoms with E-state index in [-0.39, 0.29) is 30.7 Å². The third-order valence-electron chi connectivity index (χ3n) is 4.98. The highest BCUT2D eigenvalue weighted by Crippen LogP contribution is 2.22. The quantitative estimate of drug-likeness (QED) is 0.694. The molecule has 1 fully saturated rings. The fourth-order valence-corrected chi connectivity index (χ4v) is 3.91. The zero-order chi connectivity index (χ0) is 18.5. The molecule has 3 N–H and O–H groups in total. The second kappa shape index (κ2) is 11.3. The molecule has 0 radical (unpaired) electrons. The van der Waals surface area contributed by atoms with Gasteiger partial charge in [0.05, 0.1) is 0 Å². The molecule has 0 saturated carbocycles. The number of anilines is 1. The van der Waals surface area contributed by atoms with Gasteiger partial charge in [-0.25, -0.2) is 0 Å². The molecule has 4 nitrogen and oxygen atoms in total. The van der Waals surface area contributed by atoms with Crippen LogP contribution in [0.25, 0.3) is 0 Å². The van der Waals surface area contributed by atoms with Crippen molar-refractivity contribution in [3.63, 3.8) is 0 Å². The summed E-state index contributed by atoms with van der Waals surface area (Å²) in [6.45, 7) is 8.57. The van der Waals surface area contributed by atoms with E-state index in [1.807, 2.05) is 0 Å². The van der Waals surface area contributed by atoms with Crippen LogP contribution in [0.5, 0.6) is 0 Å². The van der Waals surface area contributed by atoms with Crippen molar-refractivity contribution in [2.24, 2.45) is 11.8 Å². The zero-order valence-electron chi connectivity index (χ0n) is 16.6. The maximum Gasteiger partial charge on any atom is 0.251 e. The Balaban J connectivity index is 0.00000196. The Kier molecular flexibility index (Phi) is 9.80. The number of nitrogens with two attached hydrogens (primary N) is 1. The summed E-state index contributed by atoms with van der Waals surface area (Å²) in [6, 6.07) is 15.6. The van der Waals surface area contributed by atoms with E-state index in [1.54, 1.807) is 24.3 Å². The number of hydrogen-bond donors (Lipinski definition) is 2. The molecule has 2 atom stereocenters. The molecular formula is C22H31Cl2N3O. The molecule has 1 saturated heterocycles. The van der Waals surface area contributed by atoms with Gasteiger partial charge in [0, 0.05) is 37.4 Å². The Hall–Kier alpha value is -1.75. The number of halogens is 2. The zero-order valence-corrected chi connectivity index (χ0v) is 18.2. The van der Waals surface area contributed by atoms with Gasteiger partial charge in [-0.1, -0.05) is 44.2 Å². The number of carbonyl (C=O) groups excluding carboxylic acids is 1. The van der Waals surface area contributed by atoms with Crippen LogP contribution in [0.1, 0.15) is 41.8 Å². The smallest absolute Gasteiger partial charge is 0.251 e. The molecule has 1 heterocycles. The summed E-state index contributed by atoms with van der Waals surface area (Å²) < 4.78 is 0. The molecule has 2 unspecified atom stereocenters. The number of nitrogens with zero attached hydrogens (tertiary/aromatic N) is 1. The van der Waals surface area contributed by atoms with Gasteiger partial charge >= 0.3 is 0 Å². The summed E-state index contributed by atoms with van der Waals surface area (Å²) in [6.07, 6.45) is 1.34. The highest BCUT2D eigenvalue weighted by Gasteiger charge is 2.21. The maximum atomic E-state index is 12.2. The normalized spacial score (nSPS) is 19.2. The second-order valence-corrected chi connectivity index (χ2v) is 7.76. The predicted molar refractivity (Wildman–Crippen MR) is 121 cm³/mol. The molecular weight excluding hydrogens is 393 g/mol. The second-order valence-electron chi connectivity index (χ2n) is 7.76. The number of nitrogens with one attached hydrogen (secondary N) is 1. The molecule has 2 aromatic carbocycles. The minimum atomic E-state index is -0.0994. The molecule has 1 aliphatic heterocycles. The van der Waals surface area contributed by atoms with Gasteiger partial charge in [-0.3, -0.25) is 9.69 Å².